The van der Waals surface area contributed by atoms with Crippen LogP contribution < -0.4 is 11.1 Å². The summed E-state index contributed by atoms with van der Waals surface area (Å²) in [5.41, 5.74) is 5.10. The predicted molar refractivity (Wildman–Crippen MR) is 150 cm³/mol. The van der Waals surface area contributed by atoms with E-state index < -0.39 is 47.4 Å². The molecule has 3 N–H and O–H groups in total. The number of thiazole rings is 1. The van der Waals surface area contributed by atoms with E-state index in [1.165, 1.54) is 35.5 Å². The molecule has 4 rings (SSSR count). The molecule has 0 spiro atoms. The fraction of sp³-hybridized carbons (Fsp3) is 0.583. The first-order valence-electron chi connectivity index (χ1n) is 12.4. The number of nitrogen functional groups attached to an aromatic ring is 1. The van der Waals surface area contributed by atoms with Gasteiger partial charge < -0.3 is 30.1 Å². The number of nitrogens with zero attached hydrogens (tertiary/aromatic N) is 3. The Morgan fingerprint density at radius 3 is 2.62 bits per heavy atom. The molecule has 0 saturated carbocycles. The number of fused-ring (bicyclic) bond motifs is 1. The highest BCUT2D eigenvalue weighted by atomic mass is 32.2. The molecule has 1 aromatic heterocycles. The SMILES string of the molecule is CO/N=C(\C(=O)NC1C(=O)N2C(C(=O)OCOC(=O)C(C)(C)C)=C(SC3CCOCC3)CS[C@@H]12)c1csc(N)n1. The van der Waals surface area contributed by atoms with Gasteiger partial charge in [-0.15, -0.1) is 34.9 Å². The van der Waals surface area contributed by atoms with Crippen molar-refractivity contribution >= 4 is 69.5 Å². The lowest BCUT2D eigenvalue weighted by molar-refractivity contribution is -0.173. The maximum atomic E-state index is 13.4. The van der Waals surface area contributed by atoms with Crippen LogP contribution in [0.1, 0.15) is 39.3 Å². The standard InChI is InChI=1S/C24H31N5O8S3/c1-24(2,3)22(33)37-11-36-21(32)17-14(40-12-5-7-35-8-6-12)10-38-20-16(19(31)29(17)20)27-18(30)15(28-34-4)13-9-39-23(25)26-13/h9,12,16,20H,5-8,10-11H2,1-4H3,(H2,25,26)(H,27,30)/b28-15-/t16?,20-/m0/s1. The second kappa shape index (κ2) is 12.8. The molecule has 0 aromatic carbocycles. The number of nitrogens with one attached hydrogen (secondary N) is 1. The molecule has 1 aromatic rings. The number of thioether (sulfide) groups is 2. The summed E-state index contributed by atoms with van der Waals surface area (Å²) >= 11 is 4.08. The van der Waals surface area contributed by atoms with Crippen molar-refractivity contribution in [1.82, 2.24) is 15.2 Å². The highest BCUT2D eigenvalue weighted by Gasteiger charge is 2.55. The highest BCUT2D eigenvalue weighted by molar-refractivity contribution is 8.06. The summed E-state index contributed by atoms with van der Waals surface area (Å²) in [6, 6.07) is -0.924. The van der Waals surface area contributed by atoms with Gasteiger partial charge in [0.25, 0.3) is 11.8 Å². The molecule has 40 heavy (non-hydrogen) atoms. The summed E-state index contributed by atoms with van der Waals surface area (Å²) in [6.45, 7) is 5.72. The molecule has 0 bridgehead atoms. The number of esters is 2. The number of anilines is 1. The van der Waals surface area contributed by atoms with Gasteiger partial charge >= 0.3 is 11.9 Å². The summed E-state index contributed by atoms with van der Waals surface area (Å²) in [6.07, 6.45) is 1.62. The minimum atomic E-state index is -0.924. The molecule has 2 atom stereocenters. The topological polar surface area (TPSA) is 172 Å². The van der Waals surface area contributed by atoms with Crippen LogP contribution in [0, 0.1) is 5.41 Å². The van der Waals surface area contributed by atoms with Crippen LogP contribution in [0.2, 0.25) is 0 Å². The van der Waals surface area contributed by atoms with Crippen LogP contribution in [0.3, 0.4) is 0 Å². The fourth-order valence-electron chi connectivity index (χ4n) is 3.99. The van der Waals surface area contributed by atoms with E-state index in [0.29, 0.717) is 23.9 Å². The molecule has 2 amide bonds. The first kappa shape index (κ1) is 30.1. The maximum Gasteiger partial charge on any atom is 0.358 e. The smallest absolute Gasteiger partial charge is 0.358 e. The first-order valence-corrected chi connectivity index (χ1v) is 15.2. The Kier molecular flexibility index (Phi) is 9.64. The lowest BCUT2D eigenvalue weighted by atomic mass is 9.98. The third-order valence-electron chi connectivity index (χ3n) is 6.05. The van der Waals surface area contributed by atoms with Gasteiger partial charge in [0.15, 0.2) is 10.8 Å². The van der Waals surface area contributed by atoms with Crippen LogP contribution in [0.15, 0.2) is 21.1 Å². The van der Waals surface area contributed by atoms with E-state index in [1.54, 1.807) is 26.2 Å². The van der Waals surface area contributed by atoms with Crippen molar-refractivity contribution < 1.29 is 38.2 Å². The van der Waals surface area contributed by atoms with Crippen LogP contribution in [0.5, 0.6) is 0 Å². The lowest BCUT2D eigenvalue weighted by Gasteiger charge is -2.49. The Hall–Kier alpha value is -2.82. The number of oxime groups is 1. The van der Waals surface area contributed by atoms with E-state index in [1.807, 2.05) is 0 Å². The highest BCUT2D eigenvalue weighted by Crippen LogP contribution is 2.45. The van der Waals surface area contributed by atoms with Gasteiger partial charge in [-0.2, -0.15) is 0 Å². The van der Waals surface area contributed by atoms with Crippen LogP contribution in [0.4, 0.5) is 5.13 Å². The average molecular weight is 614 g/mol. The number of carbonyl (C=O) groups excluding carboxylic acids is 4. The Labute approximate surface area is 243 Å². The number of ether oxygens (including phenoxy) is 3. The van der Waals surface area contributed by atoms with Crippen LogP contribution in [-0.2, 0) is 38.2 Å². The molecule has 0 aliphatic carbocycles. The predicted octanol–water partition coefficient (Wildman–Crippen LogP) is 1.69. The number of hydrogen-bond donors (Lipinski definition) is 2. The maximum absolute atomic E-state index is 13.4. The van der Waals surface area contributed by atoms with E-state index in [4.69, 9.17) is 24.8 Å². The zero-order valence-electron chi connectivity index (χ0n) is 22.5. The van der Waals surface area contributed by atoms with E-state index >= 15 is 0 Å². The Balaban J connectivity index is 1.50. The van der Waals surface area contributed by atoms with Crippen molar-refractivity contribution in [2.75, 3.05) is 38.6 Å². The van der Waals surface area contributed by atoms with Gasteiger partial charge in [0, 0.05) is 34.5 Å². The number of rotatable bonds is 9. The van der Waals surface area contributed by atoms with Crippen molar-refractivity contribution in [3.63, 3.8) is 0 Å². The van der Waals surface area contributed by atoms with Gasteiger partial charge in [0.2, 0.25) is 6.79 Å². The van der Waals surface area contributed by atoms with Gasteiger partial charge in [0.1, 0.15) is 29.9 Å². The quantitative estimate of drug-likeness (QED) is 0.136. The van der Waals surface area contributed by atoms with Crippen molar-refractivity contribution in [3.8, 4) is 0 Å². The molecular formula is C24H31N5O8S3. The molecule has 3 aliphatic heterocycles. The number of carbonyl (C=O) groups is 4. The third kappa shape index (κ3) is 6.72. The second-order valence-electron chi connectivity index (χ2n) is 9.99. The summed E-state index contributed by atoms with van der Waals surface area (Å²) in [7, 11) is 1.29. The molecule has 2 saturated heterocycles. The molecule has 13 nitrogen and oxygen atoms in total. The summed E-state index contributed by atoms with van der Waals surface area (Å²) < 4.78 is 15.8. The molecule has 16 heteroatoms. The molecule has 218 valence electrons. The lowest BCUT2D eigenvalue weighted by Crippen LogP contribution is -2.71. The van der Waals surface area contributed by atoms with E-state index in [0.717, 1.165) is 24.2 Å². The molecule has 3 aliphatic rings. The van der Waals surface area contributed by atoms with Crippen LogP contribution in [-0.4, -0.2) is 88.9 Å². The zero-order chi connectivity index (χ0) is 29.0. The Morgan fingerprint density at radius 1 is 1.27 bits per heavy atom. The first-order chi connectivity index (χ1) is 19.0. The van der Waals surface area contributed by atoms with Crippen molar-refractivity contribution in [3.05, 3.63) is 21.7 Å². The average Bonchev–Trinajstić information content (AvgIpc) is 3.35. The minimum absolute atomic E-state index is 0.0978. The van der Waals surface area contributed by atoms with E-state index in [2.05, 4.69) is 15.5 Å². The second-order valence-corrected chi connectivity index (χ2v) is 13.4. The van der Waals surface area contributed by atoms with Crippen LogP contribution in [0.25, 0.3) is 0 Å². The van der Waals surface area contributed by atoms with E-state index in [9.17, 15) is 19.2 Å². The number of aromatic nitrogens is 1. The number of nitrogens with two attached hydrogens (primary N) is 1. The van der Waals surface area contributed by atoms with E-state index in [-0.39, 0.29) is 27.5 Å². The molecule has 4 heterocycles. The molecule has 2 fully saturated rings. The number of β-lactam (4-membered cyclic amide) rings is 1. The monoisotopic (exact) mass is 613 g/mol. The summed E-state index contributed by atoms with van der Waals surface area (Å²) in [5.74, 6) is -2.03. The van der Waals surface area contributed by atoms with Gasteiger partial charge in [0.05, 0.1) is 5.41 Å². The third-order valence-corrected chi connectivity index (χ3v) is 9.61. The number of amides is 2. The summed E-state index contributed by atoms with van der Waals surface area (Å²) in [4.78, 5) is 62.7. The normalized spacial score (nSPS) is 21.9. The zero-order valence-corrected chi connectivity index (χ0v) is 24.9. The van der Waals surface area contributed by atoms with Crippen LogP contribution >= 0.6 is 34.9 Å². The van der Waals surface area contributed by atoms with Crippen molar-refractivity contribution in [2.45, 2.75) is 50.3 Å². The van der Waals surface area contributed by atoms with Gasteiger partial charge in [-0.1, -0.05) is 5.16 Å². The van der Waals surface area contributed by atoms with Crippen molar-refractivity contribution in [2.24, 2.45) is 10.6 Å². The molecular weight excluding hydrogens is 582 g/mol. The largest absolute Gasteiger partial charge is 0.427 e. The Morgan fingerprint density at radius 2 is 2.00 bits per heavy atom. The van der Waals surface area contributed by atoms with Gasteiger partial charge in [-0.25, -0.2) is 9.78 Å². The molecule has 1 unspecified atom stereocenters. The fourth-order valence-corrected chi connectivity index (χ4v) is 7.33. The minimum Gasteiger partial charge on any atom is -0.427 e. The Bertz CT molecular complexity index is 1220. The van der Waals surface area contributed by atoms with Crippen molar-refractivity contribution in [1.29, 1.82) is 0 Å². The number of hydrogen-bond acceptors (Lipinski definition) is 14. The molecule has 0 radical (unpaired) electrons. The summed E-state index contributed by atoms with van der Waals surface area (Å²) in [5, 5.41) is 7.90. The van der Waals surface area contributed by atoms with Gasteiger partial charge in [-0.3, -0.25) is 19.3 Å². The van der Waals surface area contributed by atoms with Gasteiger partial charge in [-0.05, 0) is 33.6 Å².